The van der Waals surface area contributed by atoms with Crippen molar-refractivity contribution >= 4 is 11.4 Å². The fourth-order valence-electron chi connectivity index (χ4n) is 2.37. The van der Waals surface area contributed by atoms with Gasteiger partial charge in [-0.3, -0.25) is 10.1 Å². The van der Waals surface area contributed by atoms with Gasteiger partial charge in [-0.05, 0) is 48.9 Å². The van der Waals surface area contributed by atoms with Gasteiger partial charge in [-0.25, -0.2) is 9.07 Å². The summed E-state index contributed by atoms with van der Waals surface area (Å²) in [6, 6.07) is 12.1. The molecule has 1 aromatic heterocycles. The van der Waals surface area contributed by atoms with Crippen LogP contribution in [0.2, 0.25) is 0 Å². The standard InChI is InChI=1S/C17H15FN4O2/c1-12-16(18)9-13(10-17(12)22(23)24)11-19-14-3-5-15(6-4-14)21-8-2-7-20-21/h2-10,19H,11H2,1H3. The van der Waals surface area contributed by atoms with Gasteiger partial charge >= 0.3 is 0 Å². The number of anilines is 1. The molecule has 0 atom stereocenters. The lowest BCUT2D eigenvalue weighted by Gasteiger charge is -2.09. The number of nitro benzene ring substituents is 1. The maximum absolute atomic E-state index is 13.8. The van der Waals surface area contributed by atoms with Crippen molar-refractivity contribution in [1.82, 2.24) is 9.78 Å². The summed E-state index contributed by atoms with van der Waals surface area (Å²) < 4.78 is 15.5. The highest BCUT2D eigenvalue weighted by molar-refractivity contribution is 5.50. The summed E-state index contributed by atoms with van der Waals surface area (Å²) in [6.07, 6.45) is 3.54. The molecule has 3 rings (SSSR count). The average molecular weight is 326 g/mol. The molecule has 0 aliphatic carbocycles. The first kappa shape index (κ1) is 15.7. The first-order valence-corrected chi connectivity index (χ1v) is 7.32. The molecular formula is C17H15FN4O2. The van der Waals surface area contributed by atoms with E-state index in [0.717, 1.165) is 11.4 Å². The summed E-state index contributed by atoms with van der Waals surface area (Å²) in [4.78, 5) is 10.4. The number of nitro groups is 1. The maximum Gasteiger partial charge on any atom is 0.275 e. The van der Waals surface area contributed by atoms with E-state index in [1.165, 1.54) is 19.1 Å². The minimum atomic E-state index is -0.574. The Morgan fingerprint density at radius 2 is 2.04 bits per heavy atom. The normalized spacial score (nSPS) is 10.6. The highest BCUT2D eigenvalue weighted by Crippen LogP contribution is 2.23. The zero-order valence-corrected chi connectivity index (χ0v) is 12.9. The fraction of sp³-hybridized carbons (Fsp3) is 0.118. The lowest BCUT2D eigenvalue weighted by molar-refractivity contribution is -0.385. The minimum absolute atomic E-state index is 0.0484. The highest BCUT2D eigenvalue weighted by atomic mass is 19.1. The van der Waals surface area contributed by atoms with E-state index in [4.69, 9.17) is 0 Å². The van der Waals surface area contributed by atoms with Gasteiger partial charge in [0.05, 0.1) is 16.2 Å². The molecule has 0 spiro atoms. The minimum Gasteiger partial charge on any atom is -0.381 e. The van der Waals surface area contributed by atoms with Gasteiger partial charge in [0.25, 0.3) is 5.69 Å². The maximum atomic E-state index is 13.8. The van der Waals surface area contributed by atoms with Crippen molar-refractivity contribution in [3.63, 3.8) is 0 Å². The van der Waals surface area contributed by atoms with Gasteiger partial charge in [-0.15, -0.1) is 0 Å². The number of hydrogen-bond donors (Lipinski definition) is 1. The largest absolute Gasteiger partial charge is 0.381 e. The third-order valence-corrected chi connectivity index (χ3v) is 3.71. The van der Waals surface area contributed by atoms with Gasteiger partial charge in [-0.1, -0.05) is 0 Å². The predicted molar refractivity (Wildman–Crippen MR) is 88.7 cm³/mol. The molecule has 0 aliphatic heterocycles. The Bertz CT molecular complexity index is 861. The molecule has 7 heteroatoms. The topological polar surface area (TPSA) is 73.0 Å². The zero-order chi connectivity index (χ0) is 17.1. The van der Waals surface area contributed by atoms with Crippen LogP contribution >= 0.6 is 0 Å². The van der Waals surface area contributed by atoms with Gasteiger partial charge in [-0.2, -0.15) is 5.10 Å². The SMILES string of the molecule is Cc1c(F)cc(CNc2ccc(-n3cccn3)cc2)cc1[N+](=O)[O-]. The molecule has 24 heavy (non-hydrogen) atoms. The molecule has 0 saturated carbocycles. The molecule has 0 aliphatic rings. The molecule has 0 saturated heterocycles. The van der Waals surface area contributed by atoms with Crippen molar-refractivity contribution < 1.29 is 9.31 Å². The van der Waals surface area contributed by atoms with E-state index < -0.39 is 10.7 Å². The van der Waals surface area contributed by atoms with Crippen LogP contribution in [0.3, 0.4) is 0 Å². The molecule has 0 radical (unpaired) electrons. The zero-order valence-electron chi connectivity index (χ0n) is 12.9. The summed E-state index contributed by atoms with van der Waals surface area (Å²) in [5.74, 6) is -0.574. The first-order chi connectivity index (χ1) is 11.5. The number of nitrogens with one attached hydrogen (secondary N) is 1. The molecule has 3 aromatic rings. The lowest BCUT2D eigenvalue weighted by atomic mass is 10.1. The Hall–Kier alpha value is -3.22. The van der Waals surface area contributed by atoms with E-state index in [2.05, 4.69) is 10.4 Å². The second kappa shape index (κ2) is 6.49. The Balaban J connectivity index is 1.73. The molecule has 6 nitrogen and oxygen atoms in total. The van der Waals surface area contributed by atoms with Crippen LogP contribution in [0.5, 0.6) is 0 Å². The van der Waals surface area contributed by atoms with E-state index in [-0.39, 0.29) is 11.3 Å². The van der Waals surface area contributed by atoms with Crippen molar-refractivity contribution in [2.75, 3.05) is 5.32 Å². The molecule has 2 aromatic carbocycles. The number of benzene rings is 2. The molecule has 0 amide bonds. The molecular weight excluding hydrogens is 311 g/mol. The number of halogens is 1. The van der Waals surface area contributed by atoms with Crippen LogP contribution in [-0.4, -0.2) is 14.7 Å². The summed E-state index contributed by atoms with van der Waals surface area (Å²) in [5, 5.41) is 18.2. The van der Waals surface area contributed by atoms with E-state index in [1.807, 2.05) is 36.5 Å². The van der Waals surface area contributed by atoms with Crippen LogP contribution in [0.25, 0.3) is 5.69 Å². The van der Waals surface area contributed by atoms with Gasteiger partial charge in [0.15, 0.2) is 0 Å². The monoisotopic (exact) mass is 326 g/mol. The second-order valence-corrected chi connectivity index (χ2v) is 5.33. The second-order valence-electron chi connectivity index (χ2n) is 5.33. The summed E-state index contributed by atoms with van der Waals surface area (Å²) in [7, 11) is 0. The van der Waals surface area contributed by atoms with Gasteiger partial charge in [0.2, 0.25) is 0 Å². The van der Waals surface area contributed by atoms with Crippen molar-refractivity contribution in [3.05, 3.63) is 81.9 Å². The van der Waals surface area contributed by atoms with Crippen LogP contribution in [0.1, 0.15) is 11.1 Å². The van der Waals surface area contributed by atoms with Crippen LogP contribution < -0.4 is 5.32 Å². The van der Waals surface area contributed by atoms with Gasteiger partial charge in [0, 0.05) is 30.7 Å². The Morgan fingerprint density at radius 3 is 2.67 bits per heavy atom. The number of nitrogens with zero attached hydrogens (tertiary/aromatic N) is 3. The van der Waals surface area contributed by atoms with Crippen molar-refractivity contribution in [2.45, 2.75) is 13.5 Å². The summed E-state index contributed by atoms with van der Waals surface area (Å²) in [5.41, 5.74) is 2.10. The summed E-state index contributed by atoms with van der Waals surface area (Å²) >= 11 is 0. The van der Waals surface area contributed by atoms with Gasteiger partial charge in [0.1, 0.15) is 5.82 Å². The van der Waals surface area contributed by atoms with Crippen molar-refractivity contribution in [2.24, 2.45) is 0 Å². The fourth-order valence-corrected chi connectivity index (χ4v) is 2.37. The molecule has 0 fully saturated rings. The first-order valence-electron chi connectivity index (χ1n) is 7.32. The quantitative estimate of drug-likeness (QED) is 0.571. The predicted octanol–water partition coefficient (Wildman–Crippen LogP) is 3.84. The van der Waals surface area contributed by atoms with Gasteiger partial charge < -0.3 is 5.32 Å². The third-order valence-electron chi connectivity index (χ3n) is 3.71. The highest BCUT2D eigenvalue weighted by Gasteiger charge is 2.16. The number of aromatic nitrogens is 2. The number of rotatable bonds is 5. The average Bonchev–Trinajstić information content (AvgIpc) is 3.10. The Kier molecular flexibility index (Phi) is 4.24. The molecule has 1 heterocycles. The van der Waals surface area contributed by atoms with E-state index >= 15 is 0 Å². The van der Waals surface area contributed by atoms with Crippen LogP contribution in [0.15, 0.2) is 54.9 Å². The molecule has 0 unspecified atom stereocenters. The molecule has 122 valence electrons. The lowest BCUT2D eigenvalue weighted by Crippen LogP contribution is -2.03. The van der Waals surface area contributed by atoms with E-state index in [1.54, 1.807) is 10.9 Å². The van der Waals surface area contributed by atoms with Crippen LogP contribution in [0.4, 0.5) is 15.8 Å². The van der Waals surface area contributed by atoms with Crippen molar-refractivity contribution in [3.8, 4) is 5.69 Å². The smallest absolute Gasteiger partial charge is 0.275 e. The molecule has 1 N–H and O–H groups in total. The van der Waals surface area contributed by atoms with Crippen LogP contribution in [-0.2, 0) is 6.54 Å². The van der Waals surface area contributed by atoms with Crippen LogP contribution in [0, 0.1) is 22.9 Å². The Labute approximate surface area is 137 Å². The molecule has 0 bridgehead atoms. The third kappa shape index (κ3) is 3.24. The number of hydrogen-bond acceptors (Lipinski definition) is 4. The van der Waals surface area contributed by atoms with E-state index in [9.17, 15) is 14.5 Å². The summed E-state index contributed by atoms with van der Waals surface area (Å²) in [6.45, 7) is 1.69. The Morgan fingerprint density at radius 1 is 1.29 bits per heavy atom. The van der Waals surface area contributed by atoms with E-state index in [0.29, 0.717) is 12.1 Å². The van der Waals surface area contributed by atoms with Crippen molar-refractivity contribution in [1.29, 1.82) is 0 Å².